The number of carbonyl (C=O) groups is 1. The van der Waals surface area contributed by atoms with E-state index in [-0.39, 0.29) is 11.7 Å². The largest absolute Gasteiger partial charge is 0.496 e. The van der Waals surface area contributed by atoms with Crippen molar-refractivity contribution in [1.29, 1.82) is 0 Å². The van der Waals surface area contributed by atoms with Crippen molar-refractivity contribution in [3.63, 3.8) is 0 Å². The zero-order valence-electron chi connectivity index (χ0n) is 22.0. The molecule has 1 amide bonds. The van der Waals surface area contributed by atoms with Crippen LogP contribution in [0.3, 0.4) is 0 Å². The van der Waals surface area contributed by atoms with Gasteiger partial charge in [-0.2, -0.15) is 0 Å². The van der Waals surface area contributed by atoms with Gasteiger partial charge >= 0.3 is 0 Å². The van der Waals surface area contributed by atoms with Crippen molar-refractivity contribution in [1.82, 2.24) is 10.3 Å². The summed E-state index contributed by atoms with van der Waals surface area (Å²) >= 11 is 1.43. The molecule has 0 radical (unpaired) electrons. The van der Waals surface area contributed by atoms with Crippen molar-refractivity contribution < 1.29 is 13.9 Å². The minimum absolute atomic E-state index is 0.169. The van der Waals surface area contributed by atoms with Crippen LogP contribution in [0.5, 0.6) is 5.75 Å². The minimum atomic E-state index is -0.341. The number of hydrogen-bond acceptors (Lipinski definition) is 6. The van der Waals surface area contributed by atoms with E-state index in [9.17, 15) is 9.18 Å². The molecular weight excluding hydrogens is 523 g/mol. The first-order valence-electron chi connectivity index (χ1n) is 12.8. The maximum atomic E-state index is 15.0. The standard InChI is InChI=1S/C32H29FN4O2S/c1-39-30-12-5-2-9-26(30)28-21-40-32(36-28)37(29-11-4-3-10-27(29)33)20-22-13-15-25(16-14-22)31(38)35-19-24-8-6-7-23(17-24)18-34/h2-17,21H,18-20,34H2,1H3,(H,35,38). The monoisotopic (exact) mass is 552 g/mol. The van der Waals surface area contributed by atoms with Crippen LogP contribution >= 0.6 is 11.3 Å². The maximum absolute atomic E-state index is 15.0. The van der Waals surface area contributed by atoms with Gasteiger partial charge in [0.25, 0.3) is 5.91 Å². The number of aromatic nitrogens is 1. The van der Waals surface area contributed by atoms with E-state index < -0.39 is 0 Å². The fraction of sp³-hybridized carbons (Fsp3) is 0.125. The van der Waals surface area contributed by atoms with E-state index >= 15 is 0 Å². The number of methoxy groups -OCH3 is 1. The number of carbonyl (C=O) groups excluding carboxylic acids is 1. The van der Waals surface area contributed by atoms with Crippen molar-refractivity contribution in [2.24, 2.45) is 5.73 Å². The van der Waals surface area contributed by atoms with Crippen LogP contribution in [0.4, 0.5) is 15.2 Å². The van der Waals surface area contributed by atoms with Gasteiger partial charge in [-0.15, -0.1) is 11.3 Å². The smallest absolute Gasteiger partial charge is 0.251 e. The van der Waals surface area contributed by atoms with Gasteiger partial charge in [-0.1, -0.05) is 60.7 Å². The van der Waals surface area contributed by atoms with Crippen molar-refractivity contribution in [2.45, 2.75) is 19.6 Å². The zero-order valence-corrected chi connectivity index (χ0v) is 22.8. The Bertz CT molecular complexity index is 1600. The number of amides is 1. The molecule has 0 aliphatic heterocycles. The highest BCUT2D eigenvalue weighted by Crippen LogP contribution is 2.37. The molecule has 5 rings (SSSR count). The number of thiazole rings is 1. The van der Waals surface area contributed by atoms with Crippen LogP contribution in [0.25, 0.3) is 11.3 Å². The summed E-state index contributed by atoms with van der Waals surface area (Å²) in [5, 5.41) is 5.54. The van der Waals surface area contributed by atoms with Crippen LogP contribution in [0.2, 0.25) is 0 Å². The molecule has 0 aliphatic rings. The third-order valence-electron chi connectivity index (χ3n) is 6.49. The van der Waals surface area contributed by atoms with Crippen LogP contribution in [0.1, 0.15) is 27.0 Å². The number of halogens is 1. The molecule has 0 saturated heterocycles. The average molecular weight is 553 g/mol. The molecule has 4 aromatic carbocycles. The van der Waals surface area contributed by atoms with Crippen LogP contribution in [0.15, 0.2) is 102 Å². The van der Waals surface area contributed by atoms with Gasteiger partial charge in [0.2, 0.25) is 0 Å². The SMILES string of the molecule is COc1ccccc1-c1csc(N(Cc2ccc(C(=O)NCc3cccc(CN)c3)cc2)c2ccccc2F)n1. The predicted octanol–water partition coefficient (Wildman–Crippen LogP) is 6.68. The molecule has 202 valence electrons. The van der Waals surface area contributed by atoms with Crippen molar-refractivity contribution >= 4 is 28.1 Å². The Balaban J connectivity index is 1.35. The quantitative estimate of drug-likeness (QED) is 0.202. The summed E-state index contributed by atoms with van der Waals surface area (Å²) in [5.41, 5.74) is 11.2. The number of para-hydroxylation sites is 2. The second-order valence-electron chi connectivity index (χ2n) is 9.16. The highest BCUT2D eigenvalue weighted by atomic mass is 32.1. The van der Waals surface area contributed by atoms with E-state index in [1.165, 1.54) is 17.4 Å². The predicted molar refractivity (Wildman–Crippen MR) is 158 cm³/mol. The number of nitrogens with zero attached hydrogens (tertiary/aromatic N) is 2. The maximum Gasteiger partial charge on any atom is 0.251 e. The molecule has 0 fully saturated rings. The third-order valence-corrected chi connectivity index (χ3v) is 7.35. The van der Waals surface area contributed by atoms with Crippen molar-refractivity contribution in [2.75, 3.05) is 12.0 Å². The van der Waals surface area contributed by atoms with Gasteiger partial charge in [0.05, 0.1) is 25.0 Å². The van der Waals surface area contributed by atoms with E-state index in [2.05, 4.69) is 5.32 Å². The topological polar surface area (TPSA) is 80.5 Å². The molecule has 8 heteroatoms. The van der Waals surface area contributed by atoms with Crippen molar-refractivity contribution in [3.05, 3.63) is 131 Å². The summed E-state index contributed by atoms with van der Waals surface area (Å²) in [5.74, 6) is 0.209. The highest BCUT2D eigenvalue weighted by Gasteiger charge is 2.19. The summed E-state index contributed by atoms with van der Waals surface area (Å²) in [7, 11) is 1.63. The first kappa shape index (κ1) is 27.1. The van der Waals surface area contributed by atoms with Crippen LogP contribution < -0.4 is 20.7 Å². The first-order chi connectivity index (χ1) is 19.6. The second-order valence-corrected chi connectivity index (χ2v) is 9.99. The fourth-order valence-electron chi connectivity index (χ4n) is 4.39. The number of hydrogen-bond donors (Lipinski definition) is 2. The Hall–Kier alpha value is -4.53. The Morgan fingerprint density at radius 1 is 0.950 bits per heavy atom. The summed E-state index contributed by atoms with van der Waals surface area (Å²) < 4.78 is 20.5. The molecule has 0 bridgehead atoms. The lowest BCUT2D eigenvalue weighted by Gasteiger charge is -2.23. The van der Waals surface area contributed by atoms with E-state index in [4.69, 9.17) is 15.5 Å². The van der Waals surface area contributed by atoms with E-state index in [1.54, 1.807) is 37.4 Å². The lowest BCUT2D eigenvalue weighted by atomic mass is 10.1. The fourth-order valence-corrected chi connectivity index (χ4v) is 5.23. The molecule has 5 aromatic rings. The lowest BCUT2D eigenvalue weighted by Crippen LogP contribution is -2.23. The third kappa shape index (κ3) is 6.20. The molecule has 0 spiro atoms. The van der Waals surface area contributed by atoms with E-state index in [0.717, 1.165) is 33.7 Å². The highest BCUT2D eigenvalue weighted by molar-refractivity contribution is 7.14. The number of ether oxygens (including phenoxy) is 1. The van der Waals surface area contributed by atoms with Gasteiger partial charge in [-0.05, 0) is 53.1 Å². The Morgan fingerprint density at radius 2 is 1.70 bits per heavy atom. The molecule has 0 unspecified atom stereocenters. The Labute approximate surface area is 236 Å². The van der Waals surface area contributed by atoms with Gasteiger partial charge < -0.3 is 20.7 Å². The van der Waals surface area contributed by atoms with Crippen LogP contribution in [-0.4, -0.2) is 18.0 Å². The summed E-state index contributed by atoms with van der Waals surface area (Å²) in [6, 6.07) is 29.5. The van der Waals surface area contributed by atoms with E-state index in [0.29, 0.717) is 36.0 Å². The van der Waals surface area contributed by atoms with Gasteiger partial charge in [0.15, 0.2) is 5.13 Å². The number of anilines is 2. The zero-order chi connectivity index (χ0) is 27.9. The van der Waals surface area contributed by atoms with Crippen molar-refractivity contribution in [3.8, 4) is 17.0 Å². The normalized spacial score (nSPS) is 10.8. The number of nitrogens with one attached hydrogen (secondary N) is 1. The van der Waals surface area contributed by atoms with Crippen LogP contribution in [0, 0.1) is 5.82 Å². The summed E-state index contributed by atoms with van der Waals surface area (Å²) in [4.78, 5) is 19.5. The number of benzene rings is 4. The van der Waals surface area contributed by atoms with Gasteiger partial charge in [-0.3, -0.25) is 4.79 Å². The summed E-state index contributed by atoms with van der Waals surface area (Å²) in [6.07, 6.45) is 0. The van der Waals surface area contributed by atoms with Crippen LogP contribution in [-0.2, 0) is 19.6 Å². The van der Waals surface area contributed by atoms with Gasteiger partial charge in [0, 0.05) is 29.6 Å². The molecule has 1 aromatic heterocycles. The number of rotatable bonds is 10. The first-order valence-corrected chi connectivity index (χ1v) is 13.7. The molecule has 0 saturated carbocycles. The molecule has 40 heavy (non-hydrogen) atoms. The van der Waals surface area contributed by atoms with Gasteiger partial charge in [0.1, 0.15) is 11.6 Å². The average Bonchev–Trinajstić information content (AvgIpc) is 3.49. The Kier molecular flexibility index (Phi) is 8.49. The second kappa shape index (κ2) is 12.5. The molecule has 0 atom stereocenters. The lowest BCUT2D eigenvalue weighted by molar-refractivity contribution is 0.0951. The Morgan fingerprint density at radius 3 is 2.48 bits per heavy atom. The molecule has 6 nitrogen and oxygen atoms in total. The number of nitrogens with two attached hydrogens (primary N) is 1. The van der Waals surface area contributed by atoms with E-state index in [1.807, 2.05) is 70.9 Å². The molecule has 3 N–H and O–H groups in total. The molecule has 0 aliphatic carbocycles. The van der Waals surface area contributed by atoms with Gasteiger partial charge in [-0.25, -0.2) is 9.37 Å². The molecule has 1 heterocycles. The summed E-state index contributed by atoms with van der Waals surface area (Å²) in [6.45, 7) is 1.23. The molecular formula is C32H29FN4O2S. The minimum Gasteiger partial charge on any atom is -0.496 e.